The number of fused-ring (bicyclic) bond motifs is 1. The first kappa shape index (κ1) is 11.6. The van der Waals surface area contributed by atoms with E-state index < -0.39 is 0 Å². The zero-order valence-electron chi connectivity index (χ0n) is 9.16. The van der Waals surface area contributed by atoms with Gasteiger partial charge in [-0.15, -0.1) is 0 Å². The quantitative estimate of drug-likeness (QED) is 0.793. The fourth-order valence-corrected chi connectivity index (χ4v) is 2.36. The number of H-pyrrole nitrogens is 2. The second-order valence-electron chi connectivity index (χ2n) is 3.98. The monoisotopic (exact) mass is 321 g/mol. The molecule has 0 spiro atoms. The van der Waals surface area contributed by atoms with Gasteiger partial charge in [0.05, 0.1) is 11.3 Å². The maximum atomic E-state index is 11.7. The van der Waals surface area contributed by atoms with Gasteiger partial charge in [0.25, 0.3) is 5.56 Å². The highest BCUT2D eigenvalue weighted by Gasteiger charge is 2.19. The molecular weight excluding hydrogens is 314 g/mol. The van der Waals surface area contributed by atoms with E-state index in [1.807, 2.05) is 24.3 Å². The Hall–Kier alpha value is -1.53. The molecule has 2 heterocycles. The first-order valence-corrected chi connectivity index (χ1v) is 6.52. The first-order chi connectivity index (χ1) is 8.63. The number of rotatable bonds is 1. The largest absolute Gasteiger partial charge is 0.317 e. The molecule has 3 rings (SSSR count). The number of aliphatic imine (C=N–C) groups is 1. The number of aromatic nitrogens is 2. The summed E-state index contributed by atoms with van der Waals surface area (Å²) in [4.78, 5) is 21.6. The molecule has 6 heteroatoms. The summed E-state index contributed by atoms with van der Waals surface area (Å²) >= 11 is 8.32. The van der Waals surface area contributed by atoms with Crippen molar-refractivity contribution in [2.24, 2.45) is 4.99 Å². The van der Waals surface area contributed by atoms with Crippen LogP contribution in [0.4, 0.5) is 5.82 Å². The minimum absolute atomic E-state index is 0.162. The number of aromatic amines is 2. The molecule has 0 unspecified atom stereocenters. The third-order valence-electron chi connectivity index (χ3n) is 2.79. The molecule has 1 aliphatic heterocycles. The molecule has 4 nitrogen and oxygen atoms in total. The number of nitrogens with one attached hydrogen (secondary N) is 2. The lowest BCUT2D eigenvalue weighted by molar-refractivity contribution is 1.05. The van der Waals surface area contributed by atoms with Crippen molar-refractivity contribution in [2.75, 3.05) is 0 Å². The van der Waals surface area contributed by atoms with E-state index >= 15 is 0 Å². The van der Waals surface area contributed by atoms with Gasteiger partial charge >= 0.3 is 0 Å². The second-order valence-corrected chi connectivity index (χ2v) is 5.30. The van der Waals surface area contributed by atoms with Crippen LogP contribution in [0.5, 0.6) is 0 Å². The average molecular weight is 322 g/mol. The van der Waals surface area contributed by atoms with E-state index in [1.54, 1.807) is 0 Å². The summed E-state index contributed by atoms with van der Waals surface area (Å²) in [6.45, 7) is 0. The van der Waals surface area contributed by atoms with E-state index in [0.29, 0.717) is 22.6 Å². The molecule has 0 atom stereocenters. The van der Waals surface area contributed by atoms with E-state index in [9.17, 15) is 4.79 Å². The van der Waals surface area contributed by atoms with Gasteiger partial charge in [0.1, 0.15) is 5.82 Å². The molecule has 0 bridgehead atoms. The van der Waals surface area contributed by atoms with Gasteiger partial charge < -0.3 is 4.98 Å². The fraction of sp³-hybridized carbons (Fsp3) is 0.0833. The molecule has 0 amide bonds. The minimum atomic E-state index is -0.162. The molecule has 0 radical (unpaired) electrons. The summed E-state index contributed by atoms with van der Waals surface area (Å²) in [6, 6.07) is 7.84. The Morgan fingerprint density at radius 3 is 2.67 bits per heavy atom. The Bertz CT molecular complexity index is 758. The van der Waals surface area contributed by atoms with Crippen molar-refractivity contribution in [1.82, 2.24) is 9.97 Å². The SMILES string of the molecule is O=c1[nH]c(=S)[nH]c2c1CC(c1ccc(Br)cc1)=N2. The predicted octanol–water partition coefficient (Wildman–Crippen LogP) is 2.87. The summed E-state index contributed by atoms with van der Waals surface area (Å²) in [5, 5.41) is 0. The number of nitrogens with zero attached hydrogens (tertiary/aromatic N) is 1. The predicted molar refractivity (Wildman–Crippen MR) is 76.3 cm³/mol. The number of halogens is 1. The van der Waals surface area contributed by atoms with Gasteiger partial charge in [-0.1, -0.05) is 28.1 Å². The highest BCUT2D eigenvalue weighted by atomic mass is 79.9. The maximum absolute atomic E-state index is 11.7. The smallest absolute Gasteiger partial charge is 0.257 e. The topological polar surface area (TPSA) is 61.0 Å². The normalized spacial score (nSPS) is 13.3. The van der Waals surface area contributed by atoms with Crippen molar-refractivity contribution in [3.8, 4) is 0 Å². The fourth-order valence-electron chi connectivity index (χ4n) is 1.91. The molecule has 0 fully saturated rings. The molecular formula is C12H8BrN3OS. The number of hydrogen-bond donors (Lipinski definition) is 2. The van der Waals surface area contributed by atoms with Gasteiger partial charge in [0, 0.05) is 10.9 Å². The van der Waals surface area contributed by atoms with Crippen molar-refractivity contribution in [3.63, 3.8) is 0 Å². The Morgan fingerprint density at radius 1 is 1.22 bits per heavy atom. The van der Waals surface area contributed by atoms with E-state index in [2.05, 4.69) is 30.9 Å². The second kappa shape index (κ2) is 4.29. The Balaban J connectivity index is 2.07. The minimum Gasteiger partial charge on any atom is -0.317 e. The van der Waals surface area contributed by atoms with Gasteiger partial charge in [-0.05, 0) is 29.9 Å². The van der Waals surface area contributed by atoms with Crippen LogP contribution in [0.25, 0.3) is 0 Å². The van der Waals surface area contributed by atoms with Crippen LogP contribution in [-0.2, 0) is 6.42 Å². The number of benzene rings is 1. The molecule has 2 N–H and O–H groups in total. The van der Waals surface area contributed by atoms with Crippen molar-refractivity contribution >= 4 is 39.7 Å². The lowest BCUT2D eigenvalue weighted by atomic mass is 10.1. The van der Waals surface area contributed by atoms with Crippen LogP contribution in [0.1, 0.15) is 11.1 Å². The van der Waals surface area contributed by atoms with Gasteiger partial charge in [-0.2, -0.15) is 0 Å². The summed E-state index contributed by atoms with van der Waals surface area (Å²) < 4.78 is 1.32. The van der Waals surface area contributed by atoms with Crippen LogP contribution >= 0.6 is 28.1 Å². The average Bonchev–Trinajstić information content (AvgIpc) is 2.74. The van der Waals surface area contributed by atoms with Crippen molar-refractivity contribution in [2.45, 2.75) is 6.42 Å². The summed E-state index contributed by atoms with van der Waals surface area (Å²) in [7, 11) is 0. The van der Waals surface area contributed by atoms with Gasteiger partial charge in [0.2, 0.25) is 0 Å². The van der Waals surface area contributed by atoms with Crippen LogP contribution in [-0.4, -0.2) is 15.7 Å². The van der Waals surface area contributed by atoms with Crippen molar-refractivity contribution in [3.05, 3.63) is 55.0 Å². The van der Waals surface area contributed by atoms with Crippen LogP contribution in [0.3, 0.4) is 0 Å². The molecule has 90 valence electrons. The summed E-state index contributed by atoms with van der Waals surface area (Å²) in [5.74, 6) is 0.571. The van der Waals surface area contributed by atoms with Gasteiger partial charge in [0.15, 0.2) is 4.77 Å². The molecule has 0 saturated heterocycles. The number of hydrogen-bond acceptors (Lipinski definition) is 3. The standard InChI is InChI=1S/C12H8BrN3OS/c13-7-3-1-6(2-4-7)9-5-8-10(14-9)15-12(18)16-11(8)17/h1-4H,5H2,(H2,15,16,17,18). The van der Waals surface area contributed by atoms with Crippen LogP contribution < -0.4 is 5.56 Å². The lowest BCUT2D eigenvalue weighted by Crippen LogP contribution is -2.14. The zero-order valence-corrected chi connectivity index (χ0v) is 11.6. The lowest BCUT2D eigenvalue weighted by Gasteiger charge is -1.99. The summed E-state index contributed by atoms with van der Waals surface area (Å²) in [6.07, 6.45) is 0.526. The molecule has 1 aliphatic rings. The third-order valence-corrected chi connectivity index (χ3v) is 3.52. The van der Waals surface area contributed by atoms with E-state index in [0.717, 1.165) is 15.7 Å². The Labute approximate surface area is 116 Å². The van der Waals surface area contributed by atoms with Gasteiger partial charge in [-0.3, -0.25) is 9.78 Å². The highest BCUT2D eigenvalue weighted by molar-refractivity contribution is 9.10. The van der Waals surface area contributed by atoms with Gasteiger partial charge in [-0.25, -0.2) is 4.99 Å². The Morgan fingerprint density at radius 2 is 1.94 bits per heavy atom. The molecule has 0 aliphatic carbocycles. The molecule has 1 aromatic heterocycles. The van der Waals surface area contributed by atoms with Crippen LogP contribution in [0.15, 0.2) is 38.5 Å². The molecule has 2 aromatic rings. The van der Waals surface area contributed by atoms with E-state index in [4.69, 9.17) is 12.2 Å². The molecule has 18 heavy (non-hydrogen) atoms. The van der Waals surface area contributed by atoms with E-state index in [-0.39, 0.29) is 5.56 Å². The van der Waals surface area contributed by atoms with Crippen molar-refractivity contribution < 1.29 is 0 Å². The maximum Gasteiger partial charge on any atom is 0.257 e. The van der Waals surface area contributed by atoms with E-state index in [1.165, 1.54) is 0 Å². The van der Waals surface area contributed by atoms with Crippen molar-refractivity contribution in [1.29, 1.82) is 0 Å². The summed E-state index contributed by atoms with van der Waals surface area (Å²) in [5.41, 5.74) is 2.36. The van der Waals surface area contributed by atoms with Crippen LogP contribution in [0, 0.1) is 4.77 Å². The third kappa shape index (κ3) is 1.97. The van der Waals surface area contributed by atoms with Crippen LogP contribution in [0.2, 0.25) is 0 Å². The molecule has 0 saturated carbocycles. The first-order valence-electron chi connectivity index (χ1n) is 5.32. The highest BCUT2D eigenvalue weighted by Crippen LogP contribution is 2.24. The Kier molecular flexibility index (Phi) is 2.76. The molecule has 1 aromatic carbocycles. The zero-order chi connectivity index (χ0) is 12.7.